The lowest BCUT2D eigenvalue weighted by Gasteiger charge is -2.10. The number of benzene rings is 1. The zero-order chi connectivity index (χ0) is 15.5. The number of hydrogen-bond acceptors (Lipinski definition) is 6. The molecule has 0 spiro atoms. The Bertz CT molecular complexity index is 623. The van der Waals surface area contributed by atoms with E-state index in [0.717, 1.165) is 38.3 Å². The van der Waals surface area contributed by atoms with Crippen LogP contribution in [0.25, 0.3) is 0 Å². The molecule has 1 aromatic rings. The minimum atomic E-state index is -3.48. The average molecular weight is 314 g/mol. The Morgan fingerprint density at radius 1 is 1.48 bits per heavy atom. The van der Waals surface area contributed by atoms with E-state index in [1.807, 2.05) is 0 Å². The number of nitrogens with one attached hydrogen (secondary N) is 1. The summed E-state index contributed by atoms with van der Waals surface area (Å²) in [5.41, 5.74) is -0.317. The number of nitro groups is 1. The maximum absolute atomic E-state index is 11.4. The maximum atomic E-state index is 11.4. The summed E-state index contributed by atoms with van der Waals surface area (Å²) in [7, 11) is -3.48. The Hall–Kier alpha value is -1.67. The summed E-state index contributed by atoms with van der Waals surface area (Å²) in [5, 5.41) is 14.3. The van der Waals surface area contributed by atoms with Gasteiger partial charge in [-0.2, -0.15) is 0 Å². The van der Waals surface area contributed by atoms with Crippen molar-refractivity contribution in [3.63, 3.8) is 0 Å². The van der Waals surface area contributed by atoms with Crippen LogP contribution in [0.5, 0.6) is 5.75 Å². The molecule has 1 unspecified atom stereocenters. The van der Waals surface area contributed by atoms with Gasteiger partial charge >= 0.3 is 5.69 Å². The predicted octanol–water partition coefficient (Wildman–Crippen LogP) is 1.38. The highest BCUT2D eigenvalue weighted by atomic mass is 32.2. The minimum absolute atomic E-state index is 0.0819. The molecule has 0 aliphatic carbocycles. The van der Waals surface area contributed by atoms with Crippen molar-refractivity contribution in [2.75, 3.05) is 26.0 Å². The standard InChI is InChI=1S/C13H18N2O5S/c1-21(18,19)11-2-3-13(12(8-11)15(16)17)20-7-5-10-4-6-14-9-10/h2-3,8,10,14H,4-7,9H2,1H3. The number of sulfone groups is 1. The highest BCUT2D eigenvalue weighted by Gasteiger charge is 2.20. The highest BCUT2D eigenvalue weighted by Crippen LogP contribution is 2.30. The molecule has 1 aliphatic heterocycles. The molecule has 0 amide bonds. The molecule has 8 heteroatoms. The lowest BCUT2D eigenvalue weighted by molar-refractivity contribution is -0.386. The van der Waals surface area contributed by atoms with Gasteiger partial charge < -0.3 is 10.1 Å². The average Bonchev–Trinajstić information content (AvgIpc) is 2.90. The largest absolute Gasteiger partial charge is 0.487 e. The second-order valence-electron chi connectivity index (χ2n) is 5.15. The molecule has 0 saturated carbocycles. The van der Waals surface area contributed by atoms with Crippen LogP contribution in [-0.4, -0.2) is 39.3 Å². The van der Waals surface area contributed by atoms with Crippen molar-refractivity contribution >= 4 is 15.5 Å². The molecule has 1 heterocycles. The molecule has 1 aromatic carbocycles. The van der Waals surface area contributed by atoms with E-state index in [9.17, 15) is 18.5 Å². The smallest absolute Gasteiger partial charge is 0.312 e. The van der Waals surface area contributed by atoms with Crippen molar-refractivity contribution in [2.24, 2.45) is 5.92 Å². The molecule has 0 bridgehead atoms. The third-order valence-electron chi connectivity index (χ3n) is 3.50. The molecular formula is C13H18N2O5S. The van der Waals surface area contributed by atoms with Crippen molar-refractivity contribution in [2.45, 2.75) is 17.7 Å². The molecule has 1 aliphatic rings. The molecule has 116 valence electrons. The predicted molar refractivity (Wildman–Crippen MR) is 77.3 cm³/mol. The first kappa shape index (κ1) is 15.7. The lowest BCUT2D eigenvalue weighted by Crippen LogP contribution is -2.12. The van der Waals surface area contributed by atoms with Crippen LogP contribution in [0.3, 0.4) is 0 Å². The van der Waals surface area contributed by atoms with Crippen molar-refractivity contribution in [1.29, 1.82) is 0 Å². The number of nitrogens with zero attached hydrogens (tertiary/aromatic N) is 1. The normalized spacial score (nSPS) is 18.6. The third-order valence-corrected chi connectivity index (χ3v) is 4.61. The van der Waals surface area contributed by atoms with Gasteiger partial charge in [0, 0.05) is 12.3 Å². The first-order valence-corrected chi connectivity index (χ1v) is 8.59. The second-order valence-corrected chi connectivity index (χ2v) is 7.17. The van der Waals surface area contributed by atoms with E-state index in [0.29, 0.717) is 12.5 Å². The Balaban J connectivity index is 2.09. The molecular weight excluding hydrogens is 296 g/mol. The van der Waals surface area contributed by atoms with E-state index in [2.05, 4.69) is 5.32 Å². The Labute approximate surface area is 123 Å². The van der Waals surface area contributed by atoms with Gasteiger partial charge in [-0.25, -0.2) is 8.42 Å². The molecule has 1 saturated heterocycles. The molecule has 0 aromatic heterocycles. The number of nitro benzene ring substituents is 1. The molecule has 7 nitrogen and oxygen atoms in total. The molecule has 1 atom stereocenters. The fourth-order valence-electron chi connectivity index (χ4n) is 2.29. The Morgan fingerprint density at radius 3 is 2.81 bits per heavy atom. The third kappa shape index (κ3) is 4.15. The van der Waals surface area contributed by atoms with Crippen molar-refractivity contribution in [3.05, 3.63) is 28.3 Å². The number of rotatable bonds is 6. The van der Waals surface area contributed by atoms with E-state index in [1.54, 1.807) is 0 Å². The van der Waals surface area contributed by atoms with Crippen molar-refractivity contribution in [1.82, 2.24) is 5.32 Å². The van der Waals surface area contributed by atoms with Gasteiger partial charge in [0.1, 0.15) is 0 Å². The van der Waals surface area contributed by atoms with Gasteiger partial charge in [0.25, 0.3) is 0 Å². The van der Waals surface area contributed by atoms with Crippen LogP contribution < -0.4 is 10.1 Å². The van der Waals surface area contributed by atoms with Crippen molar-refractivity contribution < 1.29 is 18.1 Å². The van der Waals surface area contributed by atoms with E-state index >= 15 is 0 Å². The number of hydrogen-bond donors (Lipinski definition) is 1. The number of ether oxygens (including phenoxy) is 1. The van der Waals surface area contributed by atoms with E-state index < -0.39 is 14.8 Å². The Morgan fingerprint density at radius 2 is 2.24 bits per heavy atom. The van der Waals surface area contributed by atoms with Gasteiger partial charge in [-0.05, 0) is 44.0 Å². The fraction of sp³-hybridized carbons (Fsp3) is 0.538. The van der Waals surface area contributed by atoms with Crippen molar-refractivity contribution in [3.8, 4) is 5.75 Å². The van der Waals surface area contributed by atoms with Crippen LogP contribution in [0.4, 0.5) is 5.69 Å². The van der Waals surface area contributed by atoms with Gasteiger partial charge in [-0.3, -0.25) is 10.1 Å². The highest BCUT2D eigenvalue weighted by molar-refractivity contribution is 7.90. The summed E-state index contributed by atoms with van der Waals surface area (Å²) in [6.07, 6.45) is 2.91. The summed E-state index contributed by atoms with van der Waals surface area (Å²) in [6, 6.07) is 3.72. The van der Waals surface area contributed by atoms with Crippen LogP contribution in [-0.2, 0) is 9.84 Å². The molecule has 1 fully saturated rings. The first-order chi connectivity index (χ1) is 9.88. The second kappa shape index (κ2) is 6.40. The SMILES string of the molecule is CS(=O)(=O)c1ccc(OCCC2CCNC2)c([N+](=O)[O-])c1. The summed E-state index contributed by atoms with van der Waals surface area (Å²) >= 11 is 0. The molecule has 2 rings (SSSR count). The maximum Gasteiger partial charge on any atom is 0.312 e. The molecule has 21 heavy (non-hydrogen) atoms. The monoisotopic (exact) mass is 314 g/mol. The van der Waals surface area contributed by atoms with Gasteiger partial charge in [0.15, 0.2) is 15.6 Å². The summed E-state index contributed by atoms with van der Waals surface area (Å²) in [6.45, 7) is 2.32. The van der Waals surface area contributed by atoms with Crippen LogP contribution in [0.15, 0.2) is 23.1 Å². The zero-order valence-electron chi connectivity index (χ0n) is 11.7. The van der Waals surface area contributed by atoms with Gasteiger partial charge in [-0.1, -0.05) is 0 Å². The van der Waals surface area contributed by atoms with Gasteiger partial charge in [-0.15, -0.1) is 0 Å². The van der Waals surface area contributed by atoms with Crippen LogP contribution in [0, 0.1) is 16.0 Å². The van der Waals surface area contributed by atoms with Crippen LogP contribution in [0.2, 0.25) is 0 Å². The van der Waals surface area contributed by atoms with Crippen LogP contribution >= 0.6 is 0 Å². The lowest BCUT2D eigenvalue weighted by atomic mass is 10.1. The summed E-state index contributed by atoms with van der Waals surface area (Å²) < 4.78 is 28.3. The summed E-state index contributed by atoms with van der Waals surface area (Å²) in [4.78, 5) is 10.3. The minimum Gasteiger partial charge on any atom is -0.487 e. The molecule has 0 radical (unpaired) electrons. The summed E-state index contributed by atoms with van der Waals surface area (Å²) in [5.74, 6) is 0.637. The fourth-order valence-corrected chi connectivity index (χ4v) is 2.93. The topological polar surface area (TPSA) is 98.5 Å². The Kier molecular flexibility index (Phi) is 4.79. The van der Waals surface area contributed by atoms with E-state index in [4.69, 9.17) is 4.74 Å². The van der Waals surface area contributed by atoms with Gasteiger partial charge in [0.05, 0.1) is 16.4 Å². The van der Waals surface area contributed by atoms with Crippen LogP contribution in [0.1, 0.15) is 12.8 Å². The zero-order valence-corrected chi connectivity index (χ0v) is 12.6. The molecule has 1 N–H and O–H groups in total. The van der Waals surface area contributed by atoms with E-state index in [-0.39, 0.29) is 16.3 Å². The van der Waals surface area contributed by atoms with E-state index in [1.165, 1.54) is 12.1 Å². The van der Waals surface area contributed by atoms with Gasteiger partial charge in [0.2, 0.25) is 0 Å². The quantitative estimate of drug-likeness (QED) is 0.629. The first-order valence-electron chi connectivity index (χ1n) is 6.70.